The van der Waals surface area contributed by atoms with Gasteiger partial charge in [-0.15, -0.1) is 0 Å². The van der Waals surface area contributed by atoms with Crippen molar-refractivity contribution in [3.8, 4) is 0 Å². The Balaban J connectivity index is 2.13. The van der Waals surface area contributed by atoms with Gasteiger partial charge in [-0.25, -0.2) is 9.18 Å². The molecule has 5 nitrogen and oxygen atoms in total. The zero-order chi connectivity index (χ0) is 13.3. The molecule has 6 heteroatoms. The van der Waals surface area contributed by atoms with E-state index in [2.05, 4.69) is 0 Å². The van der Waals surface area contributed by atoms with Gasteiger partial charge in [0.1, 0.15) is 5.82 Å². The molecule has 1 amide bonds. The average Bonchev–Trinajstić information content (AvgIpc) is 2.80. The van der Waals surface area contributed by atoms with E-state index in [9.17, 15) is 9.18 Å². The second-order valence-electron chi connectivity index (χ2n) is 4.49. The highest BCUT2D eigenvalue weighted by molar-refractivity contribution is 5.69. The molecule has 3 N–H and O–H groups in total. The fourth-order valence-corrected chi connectivity index (χ4v) is 2.22. The lowest BCUT2D eigenvalue weighted by Crippen LogP contribution is -2.38. The van der Waals surface area contributed by atoms with Gasteiger partial charge in [0.05, 0.1) is 17.4 Å². The zero-order valence-corrected chi connectivity index (χ0v) is 10.1. The van der Waals surface area contributed by atoms with E-state index in [0.29, 0.717) is 24.5 Å². The second kappa shape index (κ2) is 4.72. The highest BCUT2D eigenvalue weighted by atomic mass is 19.1. The number of hydrogen-bond donors (Lipinski definition) is 2. The fraction of sp³-hybridized carbons (Fsp3) is 0.417. The van der Waals surface area contributed by atoms with Gasteiger partial charge in [-0.1, -0.05) is 0 Å². The molecule has 0 radical (unpaired) electrons. The number of nitrogen functional groups attached to an aromatic ring is 1. The van der Waals surface area contributed by atoms with Gasteiger partial charge in [-0.3, -0.25) is 0 Å². The van der Waals surface area contributed by atoms with E-state index >= 15 is 0 Å². The van der Waals surface area contributed by atoms with E-state index in [-0.39, 0.29) is 11.9 Å². The molecule has 0 spiro atoms. The lowest BCUT2D eigenvalue weighted by atomic mass is 10.2. The molecule has 1 unspecified atom stereocenters. The number of anilines is 2. The Hall–Kier alpha value is -1.98. The number of nitrogens with two attached hydrogens (primary N) is 1. The van der Waals surface area contributed by atoms with Gasteiger partial charge in [-0.05, 0) is 24.6 Å². The molecule has 1 atom stereocenters. The number of nitrogens with zero attached hydrogens (tertiary/aromatic N) is 2. The van der Waals surface area contributed by atoms with Gasteiger partial charge in [0.15, 0.2) is 0 Å². The van der Waals surface area contributed by atoms with Crippen molar-refractivity contribution in [1.29, 1.82) is 0 Å². The Kier molecular flexibility index (Phi) is 3.27. The summed E-state index contributed by atoms with van der Waals surface area (Å²) in [7, 11) is 1.55. The molecule has 1 aliphatic heterocycles. The van der Waals surface area contributed by atoms with Crippen LogP contribution in [0.4, 0.5) is 20.6 Å². The van der Waals surface area contributed by atoms with Gasteiger partial charge in [0.2, 0.25) is 0 Å². The molecule has 1 fully saturated rings. The van der Waals surface area contributed by atoms with Gasteiger partial charge >= 0.3 is 6.09 Å². The van der Waals surface area contributed by atoms with Gasteiger partial charge in [0, 0.05) is 20.1 Å². The van der Waals surface area contributed by atoms with Crippen LogP contribution >= 0.6 is 0 Å². The number of carbonyl (C=O) groups is 1. The maximum absolute atomic E-state index is 13.2. The first-order chi connectivity index (χ1) is 8.49. The molecule has 1 saturated heterocycles. The van der Waals surface area contributed by atoms with Crippen LogP contribution in [0.5, 0.6) is 0 Å². The van der Waals surface area contributed by atoms with Crippen molar-refractivity contribution in [2.75, 3.05) is 30.8 Å². The molecule has 1 aromatic carbocycles. The summed E-state index contributed by atoms with van der Waals surface area (Å²) in [5.41, 5.74) is 6.96. The van der Waals surface area contributed by atoms with Gasteiger partial charge < -0.3 is 20.6 Å². The highest BCUT2D eigenvalue weighted by Crippen LogP contribution is 2.28. The normalized spacial score (nSPS) is 19.0. The molecule has 0 bridgehead atoms. The topological polar surface area (TPSA) is 69.8 Å². The summed E-state index contributed by atoms with van der Waals surface area (Å²) in [5, 5.41) is 8.92. The first kappa shape index (κ1) is 12.5. The maximum Gasteiger partial charge on any atom is 0.407 e. The summed E-state index contributed by atoms with van der Waals surface area (Å²) in [6, 6.07) is 4.15. The molecule has 1 aliphatic rings. The molecular weight excluding hydrogens is 237 g/mol. The predicted octanol–water partition coefficient (Wildman–Crippen LogP) is 1.60. The minimum Gasteiger partial charge on any atom is -0.465 e. The van der Waals surface area contributed by atoms with E-state index in [1.807, 2.05) is 4.90 Å². The monoisotopic (exact) mass is 253 g/mol. The number of benzene rings is 1. The van der Waals surface area contributed by atoms with Crippen LogP contribution in [0.25, 0.3) is 0 Å². The Morgan fingerprint density at radius 2 is 2.33 bits per heavy atom. The summed E-state index contributed by atoms with van der Waals surface area (Å²) in [4.78, 5) is 14.1. The molecule has 1 heterocycles. The molecule has 2 rings (SSSR count). The van der Waals surface area contributed by atoms with Crippen LogP contribution in [0.3, 0.4) is 0 Å². The zero-order valence-electron chi connectivity index (χ0n) is 10.1. The second-order valence-corrected chi connectivity index (χ2v) is 4.49. The summed E-state index contributed by atoms with van der Waals surface area (Å²) < 4.78 is 13.2. The third-order valence-electron chi connectivity index (χ3n) is 3.35. The number of amides is 1. The summed E-state index contributed by atoms with van der Waals surface area (Å²) in [6.45, 7) is 1.21. The Bertz CT molecular complexity index is 467. The fourth-order valence-electron chi connectivity index (χ4n) is 2.22. The Morgan fingerprint density at radius 3 is 3.00 bits per heavy atom. The third kappa shape index (κ3) is 2.32. The molecule has 1 aromatic rings. The van der Waals surface area contributed by atoms with E-state index in [4.69, 9.17) is 10.8 Å². The van der Waals surface area contributed by atoms with E-state index in [0.717, 1.165) is 6.42 Å². The van der Waals surface area contributed by atoms with Crippen LogP contribution in [-0.2, 0) is 0 Å². The molecule has 18 heavy (non-hydrogen) atoms. The van der Waals surface area contributed by atoms with Crippen molar-refractivity contribution in [2.45, 2.75) is 12.5 Å². The van der Waals surface area contributed by atoms with Crippen molar-refractivity contribution in [3.63, 3.8) is 0 Å². The summed E-state index contributed by atoms with van der Waals surface area (Å²) >= 11 is 0. The predicted molar refractivity (Wildman–Crippen MR) is 67.2 cm³/mol. The summed E-state index contributed by atoms with van der Waals surface area (Å²) in [6.07, 6.45) is -0.229. The summed E-state index contributed by atoms with van der Waals surface area (Å²) in [5.74, 6) is -0.339. The van der Waals surface area contributed by atoms with Crippen molar-refractivity contribution in [2.24, 2.45) is 0 Å². The minimum absolute atomic E-state index is 0.0785. The largest absolute Gasteiger partial charge is 0.465 e. The van der Waals surface area contributed by atoms with Crippen molar-refractivity contribution < 1.29 is 14.3 Å². The molecule has 0 aromatic heterocycles. The van der Waals surface area contributed by atoms with Crippen molar-refractivity contribution in [3.05, 3.63) is 24.0 Å². The van der Waals surface area contributed by atoms with Crippen LogP contribution < -0.4 is 10.6 Å². The van der Waals surface area contributed by atoms with E-state index in [1.165, 1.54) is 23.1 Å². The maximum atomic E-state index is 13.2. The first-order valence-electron chi connectivity index (χ1n) is 5.75. The quantitative estimate of drug-likeness (QED) is 0.785. The number of halogens is 1. The smallest absolute Gasteiger partial charge is 0.407 e. The molecule has 98 valence electrons. The number of likely N-dealkylation sites (N-methyl/N-ethyl adjacent to an activating group) is 1. The van der Waals surface area contributed by atoms with E-state index < -0.39 is 6.09 Å². The van der Waals surface area contributed by atoms with E-state index in [1.54, 1.807) is 7.05 Å². The van der Waals surface area contributed by atoms with Crippen LogP contribution in [-0.4, -0.2) is 42.3 Å². The van der Waals surface area contributed by atoms with Crippen LogP contribution in [0.15, 0.2) is 18.2 Å². The van der Waals surface area contributed by atoms with Crippen LogP contribution in [0, 0.1) is 5.82 Å². The van der Waals surface area contributed by atoms with Crippen molar-refractivity contribution >= 4 is 17.5 Å². The van der Waals surface area contributed by atoms with Crippen molar-refractivity contribution in [1.82, 2.24) is 4.90 Å². The first-order valence-corrected chi connectivity index (χ1v) is 5.75. The Morgan fingerprint density at radius 1 is 1.61 bits per heavy atom. The lowest BCUT2D eigenvalue weighted by Gasteiger charge is -2.23. The number of rotatable bonds is 2. The molecular formula is C12H16FN3O2. The van der Waals surface area contributed by atoms with Crippen LogP contribution in [0.2, 0.25) is 0 Å². The number of carboxylic acid groups (broad SMARTS) is 1. The SMILES string of the molecule is CN(C(=O)O)C1CCN(c2cc(F)ccc2N)C1. The van der Waals surface area contributed by atoms with Gasteiger partial charge in [0.25, 0.3) is 0 Å². The number of hydrogen-bond acceptors (Lipinski definition) is 3. The average molecular weight is 253 g/mol. The standard InChI is InChI=1S/C12H16FN3O2/c1-15(12(17)18)9-4-5-16(7-9)11-6-8(13)2-3-10(11)14/h2-3,6,9H,4-5,7,14H2,1H3,(H,17,18). The minimum atomic E-state index is -0.950. The highest BCUT2D eigenvalue weighted by Gasteiger charge is 2.29. The Labute approximate surface area is 105 Å². The molecule has 0 aliphatic carbocycles. The van der Waals surface area contributed by atoms with Gasteiger partial charge in [-0.2, -0.15) is 0 Å². The lowest BCUT2D eigenvalue weighted by molar-refractivity contribution is 0.142. The molecule has 0 saturated carbocycles. The van der Waals surface area contributed by atoms with Crippen LogP contribution in [0.1, 0.15) is 6.42 Å². The third-order valence-corrected chi connectivity index (χ3v) is 3.35.